The summed E-state index contributed by atoms with van der Waals surface area (Å²) >= 11 is 0. The topological polar surface area (TPSA) is 57.9 Å². The van der Waals surface area contributed by atoms with Gasteiger partial charge in [0.2, 0.25) is 5.88 Å². The van der Waals surface area contributed by atoms with Gasteiger partial charge in [0, 0.05) is 12.1 Å². The second-order valence-corrected chi connectivity index (χ2v) is 4.19. The molecule has 1 unspecified atom stereocenters. The smallest absolute Gasteiger partial charge is 0.213 e. The number of hydrogen-bond donors (Lipinski definition) is 1. The molecule has 0 bridgehead atoms. The van der Waals surface area contributed by atoms with E-state index in [4.69, 9.17) is 10.00 Å². The van der Waals surface area contributed by atoms with Crippen LogP contribution < -0.4 is 10.1 Å². The van der Waals surface area contributed by atoms with Crippen LogP contribution in [0.2, 0.25) is 0 Å². The van der Waals surface area contributed by atoms with Crippen LogP contribution >= 0.6 is 0 Å². The van der Waals surface area contributed by atoms with Crippen LogP contribution in [-0.2, 0) is 0 Å². The molecule has 0 radical (unpaired) electrons. The van der Waals surface area contributed by atoms with Crippen LogP contribution in [-0.4, -0.2) is 12.1 Å². The van der Waals surface area contributed by atoms with Crippen molar-refractivity contribution in [3.63, 3.8) is 0 Å². The number of benzene rings is 1. The summed E-state index contributed by atoms with van der Waals surface area (Å²) < 4.78 is 5.01. The first-order chi connectivity index (χ1) is 9.22. The molecule has 0 fully saturated rings. The number of nitrogens with zero attached hydrogens (tertiary/aromatic N) is 2. The molecule has 2 rings (SSSR count). The predicted molar refractivity (Wildman–Crippen MR) is 74.0 cm³/mol. The Kier molecular flexibility index (Phi) is 3.99. The van der Waals surface area contributed by atoms with Crippen molar-refractivity contribution in [1.29, 1.82) is 5.26 Å². The summed E-state index contributed by atoms with van der Waals surface area (Å²) in [5.74, 6) is 0.588. The average molecular weight is 253 g/mol. The molecule has 1 heterocycles. The van der Waals surface area contributed by atoms with Crippen molar-refractivity contribution in [2.75, 3.05) is 12.4 Å². The fourth-order valence-corrected chi connectivity index (χ4v) is 1.80. The number of aromatic nitrogens is 1. The Morgan fingerprint density at radius 2 is 2.16 bits per heavy atom. The molecular formula is C15H15N3O. The molecule has 0 saturated carbocycles. The molecule has 4 nitrogen and oxygen atoms in total. The third kappa shape index (κ3) is 3.23. The van der Waals surface area contributed by atoms with E-state index in [0.29, 0.717) is 11.4 Å². The van der Waals surface area contributed by atoms with Gasteiger partial charge in [0.15, 0.2) is 0 Å². The standard InChI is InChI=1S/C15H15N3O/c1-11(13-5-3-4-12(8-13)9-16)18-14-6-7-15(19-2)17-10-14/h3-8,10-11,18H,1-2H3. The average Bonchev–Trinajstić information content (AvgIpc) is 2.48. The van der Waals surface area contributed by atoms with E-state index in [-0.39, 0.29) is 6.04 Å². The first-order valence-electron chi connectivity index (χ1n) is 5.99. The number of pyridine rings is 1. The Morgan fingerprint density at radius 1 is 1.32 bits per heavy atom. The summed E-state index contributed by atoms with van der Waals surface area (Å²) in [5.41, 5.74) is 2.64. The minimum absolute atomic E-state index is 0.100. The summed E-state index contributed by atoms with van der Waals surface area (Å²) in [6.07, 6.45) is 1.73. The van der Waals surface area contributed by atoms with Crippen molar-refractivity contribution in [3.05, 3.63) is 53.7 Å². The molecule has 0 saturated heterocycles. The summed E-state index contributed by atoms with van der Waals surface area (Å²) in [6.45, 7) is 2.04. The lowest BCUT2D eigenvalue weighted by atomic mass is 10.1. The van der Waals surface area contributed by atoms with Crippen molar-refractivity contribution in [1.82, 2.24) is 4.98 Å². The van der Waals surface area contributed by atoms with Gasteiger partial charge in [-0.1, -0.05) is 12.1 Å². The van der Waals surface area contributed by atoms with Gasteiger partial charge in [0.05, 0.1) is 30.6 Å². The molecule has 1 aromatic carbocycles. The molecule has 0 aliphatic rings. The Bertz CT molecular complexity index is 587. The molecule has 1 N–H and O–H groups in total. The van der Waals surface area contributed by atoms with E-state index in [0.717, 1.165) is 11.3 Å². The lowest BCUT2D eigenvalue weighted by molar-refractivity contribution is 0.398. The van der Waals surface area contributed by atoms with Gasteiger partial charge >= 0.3 is 0 Å². The number of anilines is 1. The number of ether oxygens (including phenoxy) is 1. The van der Waals surface area contributed by atoms with Crippen LogP contribution in [0.1, 0.15) is 24.1 Å². The van der Waals surface area contributed by atoms with Crippen molar-refractivity contribution >= 4 is 5.69 Å². The maximum Gasteiger partial charge on any atom is 0.213 e. The second kappa shape index (κ2) is 5.87. The van der Waals surface area contributed by atoms with E-state index in [1.807, 2.05) is 31.2 Å². The lowest BCUT2D eigenvalue weighted by Gasteiger charge is -2.15. The Hall–Kier alpha value is -2.54. The van der Waals surface area contributed by atoms with Crippen LogP contribution in [0.5, 0.6) is 5.88 Å². The second-order valence-electron chi connectivity index (χ2n) is 4.19. The highest BCUT2D eigenvalue weighted by Crippen LogP contribution is 2.20. The van der Waals surface area contributed by atoms with Gasteiger partial charge in [0.25, 0.3) is 0 Å². The van der Waals surface area contributed by atoms with Crippen LogP contribution in [0, 0.1) is 11.3 Å². The van der Waals surface area contributed by atoms with E-state index in [1.54, 1.807) is 25.4 Å². The minimum atomic E-state index is 0.100. The van der Waals surface area contributed by atoms with Gasteiger partial charge in [-0.2, -0.15) is 5.26 Å². The molecule has 1 aromatic heterocycles. The highest BCUT2D eigenvalue weighted by atomic mass is 16.5. The predicted octanol–water partition coefficient (Wildman–Crippen LogP) is 3.13. The van der Waals surface area contributed by atoms with Gasteiger partial charge in [-0.25, -0.2) is 4.98 Å². The van der Waals surface area contributed by atoms with Crippen molar-refractivity contribution < 1.29 is 4.74 Å². The van der Waals surface area contributed by atoms with Gasteiger partial charge < -0.3 is 10.1 Å². The zero-order chi connectivity index (χ0) is 13.7. The largest absolute Gasteiger partial charge is 0.481 e. The Morgan fingerprint density at radius 3 is 2.79 bits per heavy atom. The van der Waals surface area contributed by atoms with Crippen LogP contribution in [0.15, 0.2) is 42.6 Å². The van der Waals surface area contributed by atoms with Crippen LogP contribution in [0.4, 0.5) is 5.69 Å². The molecule has 0 aliphatic heterocycles. The molecule has 96 valence electrons. The zero-order valence-electron chi connectivity index (χ0n) is 10.9. The molecular weight excluding hydrogens is 238 g/mol. The highest BCUT2D eigenvalue weighted by Gasteiger charge is 2.06. The number of hydrogen-bond acceptors (Lipinski definition) is 4. The lowest BCUT2D eigenvalue weighted by Crippen LogP contribution is -2.07. The fourth-order valence-electron chi connectivity index (χ4n) is 1.80. The third-order valence-electron chi connectivity index (χ3n) is 2.84. The molecule has 2 aromatic rings. The quantitative estimate of drug-likeness (QED) is 0.909. The van der Waals surface area contributed by atoms with E-state index in [1.165, 1.54) is 0 Å². The third-order valence-corrected chi connectivity index (χ3v) is 2.84. The van der Waals surface area contributed by atoms with Gasteiger partial charge in [-0.3, -0.25) is 0 Å². The first-order valence-corrected chi connectivity index (χ1v) is 5.99. The van der Waals surface area contributed by atoms with Crippen molar-refractivity contribution in [2.45, 2.75) is 13.0 Å². The maximum absolute atomic E-state index is 8.90. The number of nitriles is 1. The van der Waals surface area contributed by atoms with Crippen LogP contribution in [0.25, 0.3) is 0 Å². The van der Waals surface area contributed by atoms with E-state index < -0.39 is 0 Å². The number of nitrogens with one attached hydrogen (secondary N) is 1. The summed E-state index contributed by atoms with van der Waals surface area (Å²) in [4.78, 5) is 4.14. The molecule has 0 spiro atoms. The van der Waals surface area contributed by atoms with Gasteiger partial charge in [-0.05, 0) is 30.7 Å². The van der Waals surface area contributed by atoms with E-state index >= 15 is 0 Å². The monoisotopic (exact) mass is 253 g/mol. The summed E-state index contributed by atoms with van der Waals surface area (Å²) in [7, 11) is 1.59. The fraction of sp³-hybridized carbons (Fsp3) is 0.200. The highest BCUT2D eigenvalue weighted by molar-refractivity contribution is 5.45. The van der Waals surface area contributed by atoms with Crippen molar-refractivity contribution in [3.8, 4) is 11.9 Å². The van der Waals surface area contributed by atoms with Gasteiger partial charge in [0.1, 0.15) is 0 Å². The zero-order valence-corrected chi connectivity index (χ0v) is 10.9. The number of rotatable bonds is 4. The molecule has 0 aliphatic carbocycles. The Labute approximate surface area is 112 Å². The molecule has 19 heavy (non-hydrogen) atoms. The van der Waals surface area contributed by atoms with E-state index in [2.05, 4.69) is 16.4 Å². The molecule has 0 amide bonds. The summed E-state index contributed by atoms with van der Waals surface area (Å²) in [6, 6.07) is 13.5. The normalized spacial score (nSPS) is 11.4. The molecule has 1 atom stereocenters. The SMILES string of the molecule is COc1ccc(NC(C)c2cccc(C#N)c2)cn1. The van der Waals surface area contributed by atoms with E-state index in [9.17, 15) is 0 Å². The number of methoxy groups -OCH3 is 1. The Balaban J connectivity index is 2.11. The van der Waals surface area contributed by atoms with Crippen LogP contribution in [0.3, 0.4) is 0 Å². The molecule has 4 heteroatoms. The minimum Gasteiger partial charge on any atom is -0.481 e. The van der Waals surface area contributed by atoms with Gasteiger partial charge in [-0.15, -0.1) is 0 Å². The van der Waals surface area contributed by atoms with Crippen molar-refractivity contribution in [2.24, 2.45) is 0 Å². The first kappa shape index (κ1) is 12.9. The maximum atomic E-state index is 8.90. The summed E-state index contributed by atoms with van der Waals surface area (Å²) in [5, 5.41) is 12.2.